The standard InChI is InChI=1S/C36H44N2O7/c1-5-8-9-17-43-27-15-13-25(14-16-27)34-32(36(40)41)28(26-18-29(42-4)35-30(19-26)44-22-45-35)20-38(34)21-31(39)37-33-23(6-2)11-10-12-24(33)7-3/h10-16,18-19,28,32,34H,5-9,17,20-22H2,1-4H3,(H,37,39)(H,40,41)/t28-,32-,34+/m1/s1. The fourth-order valence-corrected chi connectivity index (χ4v) is 6.56. The van der Waals surface area contributed by atoms with Gasteiger partial charge in [-0.3, -0.25) is 14.5 Å². The van der Waals surface area contributed by atoms with Crippen LogP contribution >= 0.6 is 0 Å². The fraction of sp³-hybridized carbons (Fsp3) is 0.444. The largest absolute Gasteiger partial charge is 0.494 e. The highest BCUT2D eigenvalue weighted by molar-refractivity contribution is 5.94. The second-order valence-corrected chi connectivity index (χ2v) is 11.6. The summed E-state index contributed by atoms with van der Waals surface area (Å²) in [5.74, 6) is -0.136. The molecule has 1 saturated heterocycles. The molecule has 0 bridgehead atoms. The second-order valence-electron chi connectivity index (χ2n) is 11.6. The van der Waals surface area contributed by atoms with Gasteiger partial charge in [0.2, 0.25) is 18.4 Å². The molecule has 3 aromatic rings. The highest BCUT2D eigenvalue weighted by Crippen LogP contribution is 2.50. The minimum absolute atomic E-state index is 0.0309. The van der Waals surface area contributed by atoms with Crippen molar-refractivity contribution in [2.75, 3.05) is 38.9 Å². The zero-order chi connectivity index (χ0) is 31.9. The van der Waals surface area contributed by atoms with Gasteiger partial charge < -0.3 is 29.4 Å². The maximum atomic E-state index is 13.7. The van der Waals surface area contributed by atoms with Crippen molar-refractivity contribution >= 4 is 17.6 Å². The molecule has 3 aromatic carbocycles. The van der Waals surface area contributed by atoms with Crippen molar-refractivity contribution in [2.24, 2.45) is 5.92 Å². The van der Waals surface area contributed by atoms with Crippen LogP contribution < -0.4 is 24.3 Å². The highest BCUT2D eigenvalue weighted by atomic mass is 16.7. The number of hydrogen-bond donors (Lipinski definition) is 2. The maximum absolute atomic E-state index is 13.7. The Kier molecular flexibility index (Phi) is 10.5. The number of amides is 1. The molecule has 2 aliphatic rings. The number of hydrogen-bond acceptors (Lipinski definition) is 7. The number of carbonyl (C=O) groups excluding carboxylic acids is 1. The van der Waals surface area contributed by atoms with Crippen LogP contribution in [0.4, 0.5) is 5.69 Å². The third-order valence-electron chi connectivity index (χ3n) is 8.84. The molecule has 9 nitrogen and oxygen atoms in total. The van der Waals surface area contributed by atoms with Crippen molar-refractivity contribution in [1.29, 1.82) is 0 Å². The quantitative estimate of drug-likeness (QED) is 0.195. The zero-order valence-corrected chi connectivity index (χ0v) is 26.6. The number of para-hydroxylation sites is 1. The van der Waals surface area contributed by atoms with E-state index in [9.17, 15) is 14.7 Å². The van der Waals surface area contributed by atoms with Crippen LogP contribution in [0.1, 0.15) is 74.2 Å². The maximum Gasteiger partial charge on any atom is 0.309 e. The molecule has 2 heterocycles. The second kappa shape index (κ2) is 14.7. The number of aliphatic carboxylic acids is 1. The topological polar surface area (TPSA) is 107 Å². The summed E-state index contributed by atoms with van der Waals surface area (Å²) >= 11 is 0. The van der Waals surface area contributed by atoms with Gasteiger partial charge in [-0.1, -0.05) is 63.9 Å². The predicted molar refractivity (Wildman–Crippen MR) is 173 cm³/mol. The first kappa shape index (κ1) is 32.2. The number of aryl methyl sites for hydroxylation is 2. The molecular weight excluding hydrogens is 572 g/mol. The number of unbranched alkanes of at least 4 members (excludes halogenated alkanes) is 2. The number of likely N-dealkylation sites (tertiary alicyclic amines) is 1. The lowest BCUT2D eigenvalue weighted by Crippen LogP contribution is -2.35. The first-order chi connectivity index (χ1) is 21.9. The van der Waals surface area contributed by atoms with Gasteiger partial charge >= 0.3 is 5.97 Å². The Morgan fingerprint density at radius 3 is 2.36 bits per heavy atom. The SMILES string of the molecule is CCCCCOc1ccc([C@H]2[C@H](C(=O)O)[C@@H](c3cc(OC)c4c(c3)OCO4)CN2CC(=O)Nc2c(CC)cccc2CC)cc1. The number of methoxy groups -OCH3 is 1. The van der Waals surface area contributed by atoms with Gasteiger partial charge in [-0.05, 0) is 65.8 Å². The van der Waals surface area contributed by atoms with E-state index in [2.05, 4.69) is 26.1 Å². The van der Waals surface area contributed by atoms with E-state index in [0.717, 1.165) is 65.8 Å². The number of nitrogens with one attached hydrogen (secondary N) is 1. The van der Waals surface area contributed by atoms with E-state index in [1.807, 2.05) is 59.5 Å². The molecule has 45 heavy (non-hydrogen) atoms. The van der Waals surface area contributed by atoms with Gasteiger partial charge in [0.05, 0.1) is 26.2 Å². The highest BCUT2D eigenvalue weighted by Gasteiger charge is 2.48. The smallest absolute Gasteiger partial charge is 0.309 e. The molecule has 0 unspecified atom stereocenters. The number of fused-ring (bicyclic) bond motifs is 1. The van der Waals surface area contributed by atoms with Crippen molar-refractivity contribution in [1.82, 2.24) is 4.90 Å². The minimum Gasteiger partial charge on any atom is -0.494 e. The number of carboxylic acids is 1. The molecule has 3 atom stereocenters. The number of anilines is 1. The lowest BCUT2D eigenvalue weighted by molar-refractivity contribution is -0.143. The van der Waals surface area contributed by atoms with Gasteiger partial charge in [-0.2, -0.15) is 0 Å². The van der Waals surface area contributed by atoms with E-state index >= 15 is 0 Å². The Labute approximate surface area is 265 Å². The predicted octanol–water partition coefficient (Wildman–Crippen LogP) is 6.60. The van der Waals surface area contributed by atoms with Crippen molar-refractivity contribution < 1.29 is 33.6 Å². The first-order valence-corrected chi connectivity index (χ1v) is 16.0. The van der Waals surface area contributed by atoms with E-state index in [1.54, 1.807) is 7.11 Å². The molecule has 0 spiro atoms. The summed E-state index contributed by atoms with van der Waals surface area (Å²) in [7, 11) is 1.55. The molecule has 2 aliphatic heterocycles. The Balaban J connectivity index is 1.48. The Hall–Kier alpha value is -4.24. The Morgan fingerprint density at radius 1 is 0.978 bits per heavy atom. The molecule has 0 aliphatic carbocycles. The molecule has 5 rings (SSSR count). The molecule has 2 N–H and O–H groups in total. The average Bonchev–Trinajstić information content (AvgIpc) is 3.68. The summed E-state index contributed by atoms with van der Waals surface area (Å²) in [6.07, 6.45) is 4.78. The molecule has 0 radical (unpaired) electrons. The van der Waals surface area contributed by atoms with Crippen molar-refractivity contribution in [3.8, 4) is 23.0 Å². The van der Waals surface area contributed by atoms with E-state index < -0.39 is 23.8 Å². The molecule has 1 fully saturated rings. The number of nitrogens with zero attached hydrogens (tertiary/aromatic N) is 1. The van der Waals surface area contributed by atoms with E-state index in [0.29, 0.717) is 30.4 Å². The molecule has 240 valence electrons. The van der Waals surface area contributed by atoms with Gasteiger partial charge in [0.25, 0.3) is 0 Å². The third-order valence-corrected chi connectivity index (χ3v) is 8.84. The van der Waals surface area contributed by atoms with Gasteiger partial charge in [-0.25, -0.2) is 0 Å². The Bertz CT molecular complexity index is 1470. The summed E-state index contributed by atoms with van der Waals surface area (Å²) in [5, 5.41) is 13.9. The van der Waals surface area contributed by atoms with Crippen LogP contribution in [0.5, 0.6) is 23.0 Å². The van der Waals surface area contributed by atoms with Crippen LogP contribution in [0.25, 0.3) is 0 Å². The lowest BCUT2D eigenvalue weighted by Gasteiger charge is -2.27. The van der Waals surface area contributed by atoms with Crippen molar-refractivity contribution in [3.63, 3.8) is 0 Å². The summed E-state index contributed by atoms with van der Waals surface area (Å²) < 4.78 is 22.8. The van der Waals surface area contributed by atoms with Crippen LogP contribution in [0.15, 0.2) is 54.6 Å². The first-order valence-electron chi connectivity index (χ1n) is 16.0. The van der Waals surface area contributed by atoms with E-state index in [4.69, 9.17) is 18.9 Å². The molecule has 0 saturated carbocycles. The van der Waals surface area contributed by atoms with Crippen molar-refractivity contribution in [3.05, 3.63) is 76.9 Å². The van der Waals surface area contributed by atoms with Crippen LogP contribution in [-0.2, 0) is 22.4 Å². The van der Waals surface area contributed by atoms with E-state index in [1.165, 1.54) is 0 Å². The molecule has 1 amide bonds. The number of carboxylic acid groups (broad SMARTS) is 1. The molecule has 0 aromatic heterocycles. The number of rotatable bonds is 14. The van der Waals surface area contributed by atoms with Crippen LogP contribution in [0.3, 0.4) is 0 Å². The van der Waals surface area contributed by atoms with Gasteiger partial charge in [0.15, 0.2) is 11.5 Å². The number of carbonyl (C=O) groups is 2. The van der Waals surface area contributed by atoms with E-state index in [-0.39, 0.29) is 19.2 Å². The molecule has 9 heteroatoms. The van der Waals surface area contributed by atoms with Gasteiger partial charge in [0.1, 0.15) is 5.75 Å². The molecular formula is C36H44N2O7. The monoisotopic (exact) mass is 616 g/mol. The summed E-state index contributed by atoms with van der Waals surface area (Å²) in [5.41, 5.74) is 4.57. The number of ether oxygens (including phenoxy) is 4. The van der Waals surface area contributed by atoms with Crippen LogP contribution in [0, 0.1) is 5.92 Å². The lowest BCUT2D eigenvalue weighted by atomic mass is 9.82. The normalized spacial score (nSPS) is 19.0. The van der Waals surface area contributed by atoms with Crippen molar-refractivity contribution in [2.45, 2.75) is 64.8 Å². The fourth-order valence-electron chi connectivity index (χ4n) is 6.56. The minimum atomic E-state index is -0.936. The van der Waals surface area contributed by atoms with Crippen LogP contribution in [0.2, 0.25) is 0 Å². The third kappa shape index (κ3) is 7.04. The average molecular weight is 617 g/mol. The summed E-state index contributed by atoms with van der Waals surface area (Å²) in [6.45, 7) is 7.38. The zero-order valence-electron chi connectivity index (χ0n) is 26.6. The summed E-state index contributed by atoms with van der Waals surface area (Å²) in [6, 6.07) is 16.8. The van der Waals surface area contributed by atoms with Gasteiger partial charge in [0, 0.05) is 24.2 Å². The summed E-state index contributed by atoms with van der Waals surface area (Å²) in [4.78, 5) is 28.8. The van der Waals surface area contributed by atoms with Gasteiger partial charge in [-0.15, -0.1) is 0 Å². The number of benzene rings is 3. The van der Waals surface area contributed by atoms with Crippen LogP contribution in [-0.4, -0.2) is 55.5 Å². The Morgan fingerprint density at radius 2 is 1.71 bits per heavy atom.